The smallest absolute Gasteiger partial charge is 0.251 e. The predicted molar refractivity (Wildman–Crippen MR) is 96.1 cm³/mol. The van der Waals surface area contributed by atoms with Crippen LogP contribution >= 0.6 is 0 Å². The van der Waals surface area contributed by atoms with Crippen LogP contribution in [0.1, 0.15) is 36.1 Å². The first-order chi connectivity index (χ1) is 12.1. The zero-order chi connectivity index (χ0) is 17.8. The van der Waals surface area contributed by atoms with E-state index < -0.39 is 0 Å². The number of fused-ring (bicyclic) bond motifs is 1. The summed E-state index contributed by atoms with van der Waals surface area (Å²) < 4.78 is 10.8. The largest absolute Gasteiger partial charge is 0.493 e. The Morgan fingerprint density at radius 2 is 2.04 bits per heavy atom. The van der Waals surface area contributed by atoms with E-state index >= 15 is 0 Å². The zero-order valence-electron chi connectivity index (χ0n) is 14.5. The number of benzene rings is 2. The molecular formula is C19H21N3O3. The fourth-order valence-corrected chi connectivity index (χ4v) is 2.61. The topological polar surface area (TPSA) is 76.2 Å². The molecule has 0 spiro atoms. The monoisotopic (exact) mass is 339 g/mol. The van der Waals surface area contributed by atoms with Gasteiger partial charge in [0, 0.05) is 5.56 Å². The number of nitrogens with one attached hydrogen (secondary N) is 2. The van der Waals surface area contributed by atoms with E-state index in [1.54, 1.807) is 25.3 Å². The van der Waals surface area contributed by atoms with E-state index in [1.807, 2.05) is 38.1 Å². The molecule has 0 aliphatic heterocycles. The number of para-hydroxylation sites is 2. The molecule has 6 heteroatoms. The number of ether oxygens (including phenoxy) is 2. The van der Waals surface area contributed by atoms with Gasteiger partial charge in [0.05, 0.1) is 30.8 Å². The molecule has 1 atom stereocenters. The lowest BCUT2D eigenvalue weighted by Crippen LogP contribution is -2.27. The molecule has 2 aromatic carbocycles. The minimum atomic E-state index is -0.252. The summed E-state index contributed by atoms with van der Waals surface area (Å²) in [6.07, 6.45) is 0. The van der Waals surface area contributed by atoms with Crippen LogP contribution in [0.2, 0.25) is 0 Å². The highest BCUT2D eigenvalue weighted by molar-refractivity contribution is 5.95. The van der Waals surface area contributed by atoms with Gasteiger partial charge in [0.2, 0.25) is 0 Å². The van der Waals surface area contributed by atoms with Crippen LogP contribution in [0.4, 0.5) is 0 Å². The van der Waals surface area contributed by atoms with Crippen LogP contribution in [0, 0.1) is 0 Å². The maximum Gasteiger partial charge on any atom is 0.251 e. The van der Waals surface area contributed by atoms with E-state index in [0.29, 0.717) is 29.5 Å². The number of methoxy groups -OCH3 is 1. The summed E-state index contributed by atoms with van der Waals surface area (Å²) in [6.45, 7) is 4.32. The Hall–Kier alpha value is -3.02. The third kappa shape index (κ3) is 3.57. The van der Waals surface area contributed by atoms with Crippen LogP contribution in [-0.2, 0) is 0 Å². The molecule has 6 nitrogen and oxygen atoms in total. The van der Waals surface area contributed by atoms with Crippen molar-refractivity contribution in [2.75, 3.05) is 13.7 Å². The number of aromatic amines is 1. The maximum absolute atomic E-state index is 12.5. The quantitative estimate of drug-likeness (QED) is 0.721. The molecule has 1 unspecified atom stereocenters. The molecule has 0 radical (unpaired) electrons. The second kappa shape index (κ2) is 7.25. The van der Waals surface area contributed by atoms with Gasteiger partial charge in [-0.3, -0.25) is 4.79 Å². The van der Waals surface area contributed by atoms with E-state index in [2.05, 4.69) is 15.3 Å². The Kier molecular flexibility index (Phi) is 4.88. The Morgan fingerprint density at radius 3 is 2.76 bits per heavy atom. The van der Waals surface area contributed by atoms with Gasteiger partial charge in [-0.2, -0.15) is 0 Å². The molecular weight excluding hydrogens is 318 g/mol. The van der Waals surface area contributed by atoms with Gasteiger partial charge < -0.3 is 19.8 Å². The molecule has 25 heavy (non-hydrogen) atoms. The second-order valence-corrected chi connectivity index (χ2v) is 5.63. The lowest BCUT2D eigenvalue weighted by molar-refractivity contribution is 0.0938. The molecule has 0 saturated heterocycles. The van der Waals surface area contributed by atoms with Gasteiger partial charge in [0.25, 0.3) is 5.91 Å². The van der Waals surface area contributed by atoms with Crippen LogP contribution in [-0.4, -0.2) is 29.6 Å². The normalized spacial score (nSPS) is 12.0. The first kappa shape index (κ1) is 16.8. The summed E-state index contributed by atoms with van der Waals surface area (Å²) in [6, 6.07) is 12.6. The van der Waals surface area contributed by atoms with E-state index in [4.69, 9.17) is 9.47 Å². The Morgan fingerprint density at radius 1 is 1.24 bits per heavy atom. The average Bonchev–Trinajstić information content (AvgIpc) is 3.06. The van der Waals surface area contributed by atoms with Gasteiger partial charge in [-0.25, -0.2) is 4.98 Å². The molecule has 1 aromatic heterocycles. The van der Waals surface area contributed by atoms with Crippen molar-refractivity contribution >= 4 is 16.9 Å². The Labute approximate surface area is 146 Å². The number of rotatable bonds is 6. The maximum atomic E-state index is 12.5. The summed E-state index contributed by atoms with van der Waals surface area (Å²) in [7, 11) is 1.55. The van der Waals surface area contributed by atoms with Gasteiger partial charge in [0.1, 0.15) is 5.82 Å². The van der Waals surface area contributed by atoms with E-state index in [9.17, 15) is 4.79 Å². The fourth-order valence-electron chi connectivity index (χ4n) is 2.61. The van der Waals surface area contributed by atoms with Crippen molar-refractivity contribution in [3.8, 4) is 11.5 Å². The minimum Gasteiger partial charge on any atom is -0.493 e. The molecule has 0 aliphatic rings. The number of hydrogen-bond donors (Lipinski definition) is 2. The van der Waals surface area contributed by atoms with Gasteiger partial charge in [0.15, 0.2) is 11.5 Å². The van der Waals surface area contributed by atoms with Gasteiger partial charge >= 0.3 is 0 Å². The standard InChI is InChI=1S/C19H21N3O3/c1-4-25-16-10-9-13(11-17(16)24-3)19(23)20-12(2)18-21-14-7-5-6-8-15(14)22-18/h5-12H,4H2,1-3H3,(H,20,23)(H,21,22). The van der Waals surface area contributed by atoms with Crippen molar-refractivity contribution < 1.29 is 14.3 Å². The molecule has 1 amide bonds. The highest BCUT2D eigenvalue weighted by atomic mass is 16.5. The highest BCUT2D eigenvalue weighted by Crippen LogP contribution is 2.28. The Bertz CT molecular complexity index is 856. The van der Waals surface area contributed by atoms with Crippen LogP contribution < -0.4 is 14.8 Å². The number of carbonyl (C=O) groups excluding carboxylic acids is 1. The van der Waals surface area contributed by atoms with Crippen molar-refractivity contribution in [3.05, 3.63) is 53.9 Å². The number of carbonyl (C=O) groups is 1. The lowest BCUT2D eigenvalue weighted by atomic mass is 10.1. The number of nitrogens with zero attached hydrogens (tertiary/aromatic N) is 1. The fraction of sp³-hybridized carbons (Fsp3) is 0.263. The van der Waals surface area contributed by atoms with Gasteiger partial charge in [-0.05, 0) is 44.2 Å². The average molecular weight is 339 g/mol. The number of amides is 1. The van der Waals surface area contributed by atoms with E-state index in [-0.39, 0.29) is 11.9 Å². The third-order valence-corrected chi connectivity index (χ3v) is 3.89. The van der Waals surface area contributed by atoms with Crippen LogP contribution in [0.3, 0.4) is 0 Å². The molecule has 0 bridgehead atoms. The van der Waals surface area contributed by atoms with Crippen LogP contribution in [0.15, 0.2) is 42.5 Å². The molecule has 3 aromatic rings. The number of imidazole rings is 1. The molecule has 1 heterocycles. The van der Waals surface area contributed by atoms with Crippen molar-refractivity contribution in [3.63, 3.8) is 0 Å². The third-order valence-electron chi connectivity index (χ3n) is 3.89. The number of hydrogen-bond acceptors (Lipinski definition) is 4. The van der Waals surface area contributed by atoms with Crippen molar-refractivity contribution in [1.82, 2.24) is 15.3 Å². The number of H-pyrrole nitrogens is 1. The van der Waals surface area contributed by atoms with Crippen LogP contribution in [0.5, 0.6) is 11.5 Å². The van der Waals surface area contributed by atoms with Gasteiger partial charge in [-0.15, -0.1) is 0 Å². The predicted octanol–water partition coefficient (Wildman–Crippen LogP) is 3.46. The SMILES string of the molecule is CCOc1ccc(C(=O)NC(C)c2nc3ccccc3[nH]2)cc1OC. The van der Waals surface area contributed by atoms with Crippen molar-refractivity contribution in [2.45, 2.75) is 19.9 Å². The van der Waals surface area contributed by atoms with Crippen molar-refractivity contribution in [1.29, 1.82) is 0 Å². The lowest BCUT2D eigenvalue weighted by Gasteiger charge is -2.13. The molecule has 130 valence electrons. The van der Waals surface area contributed by atoms with Crippen LogP contribution in [0.25, 0.3) is 11.0 Å². The minimum absolute atomic E-state index is 0.200. The van der Waals surface area contributed by atoms with E-state index in [0.717, 1.165) is 11.0 Å². The molecule has 3 rings (SSSR count). The molecule has 2 N–H and O–H groups in total. The zero-order valence-corrected chi connectivity index (χ0v) is 14.5. The first-order valence-electron chi connectivity index (χ1n) is 8.18. The molecule has 0 fully saturated rings. The molecule has 0 aliphatic carbocycles. The first-order valence-corrected chi connectivity index (χ1v) is 8.18. The summed E-state index contributed by atoms with van der Waals surface area (Å²) in [5.41, 5.74) is 2.32. The number of aromatic nitrogens is 2. The van der Waals surface area contributed by atoms with Crippen molar-refractivity contribution in [2.24, 2.45) is 0 Å². The van der Waals surface area contributed by atoms with E-state index in [1.165, 1.54) is 0 Å². The summed E-state index contributed by atoms with van der Waals surface area (Å²) in [5, 5.41) is 2.95. The second-order valence-electron chi connectivity index (χ2n) is 5.63. The summed E-state index contributed by atoms with van der Waals surface area (Å²) in [5.74, 6) is 1.67. The highest BCUT2D eigenvalue weighted by Gasteiger charge is 2.16. The Balaban J connectivity index is 1.76. The molecule has 0 saturated carbocycles. The summed E-state index contributed by atoms with van der Waals surface area (Å²) >= 11 is 0. The summed E-state index contributed by atoms with van der Waals surface area (Å²) in [4.78, 5) is 20.3. The van der Waals surface area contributed by atoms with Gasteiger partial charge in [-0.1, -0.05) is 12.1 Å².